The van der Waals surface area contributed by atoms with E-state index < -0.39 is 23.2 Å². The summed E-state index contributed by atoms with van der Waals surface area (Å²) in [5, 5.41) is 3.32. The molecule has 1 N–H and O–H groups in total. The van der Waals surface area contributed by atoms with Crippen molar-refractivity contribution in [2.75, 3.05) is 13.2 Å². The highest BCUT2D eigenvalue weighted by Gasteiger charge is 2.36. The van der Waals surface area contributed by atoms with Gasteiger partial charge in [-0.2, -0.15) is 0 Å². The summed E-state index contributed by atoms with van der Waals surface area (Å²) in [5.41, 5.74) is -0.366. The van der Waals surface area contributed by atoms with E-state index in [9.17, 15) is 18.0 Å². The second-order valence-corrected chi connectivity index (χ2v) is 5.38. The number of hydrogen-bond donors (Lipinski definition) is 1. The fraction of sp³-hybridized carbons (Fsp3) is 0.500. The maximum atomic E-state index is 13.7. The van der Waals surface area contributed by atoms with Gasteiger partial charge in [0.05, 0.1) is 18.8 Å². The van der Waals surface area contributed by atoms with E-state index in [1.165, 1.54) is 0 Å². The number of halogens is 3. The van der Waals surface area contributed by atoms with Gasteiger partial charge in [-0.05, 0) is 18.9 Å². The zero-order valence-electron chi connectivity index (χ0n) is 10.7. The van der Waals surface area contributed by atoms with Crippen LogP contribution in [-0.2, 0) is 4.74 Å². The topological polar surface area (TPSA) is 38.3 Å². The maximum absolute atomic E-state index is 13.7. The molecule has 1 aromatic carbocycles. The van der Waals surface area contributed by atoms with Crippen LogP contribution in [0.3, 0.4) is 0 Å². The molecule has 2 heterocycles. The first kappa shape index (κ1) is 13.6. The number of nitrogens with one attached hydrogen (secondary N) is 1. The Labute approximate surface area is 114 Å². The SMILES string of the molecule is O=C(c1cc(F)c(F)cc1F)C1CC2COCC(C1)N2. The second kappa shape index (κ2) is 5.18. The minimum Gasteiger partial charge on any atom is -0.378 e. The Morgan fingerprint density at radius 1 is 1.05 bits per heavy atom. The van der Waals surface area contributed by atoms with Gasteiger partial charge in [0.1, 0.15) is 5.82 Å². The first-order valence-corrected chi connectivity index (χ1v) is 6.57. The number of carbonyl (C=O) groups is 1. The van der Waals surface area contributed by atoms with Crippen LogP contribution in [0.1, 0.15) is 23.2 Å². The fourth-order valence-electron chi connectivity index (χ4n) is 2.98. The third-order valence-electron chi connectivity index (χ3n) is 3.89. The van der Waals surface area contributed by atoms with Crippen LogP contribution in [0.4, 0.5) is 13.2 Å². The quantitative estimate of drug-likeness (QED) is 0.667. The van der Waals surface area contributed by atoms with Gasteiger partial charge in [-0.25, -0.2) is 13.2 Å². The number of fused-ring (bicyclic) bond motifs is 2. The molecule has 2 aliphatic rings. The highest BCUT2D eigenvalue weighted by Crippen LogP contribution is 2.28. The number of benzene rings is 1. The molecule has 108 valence electrons. The molecule has 2 saturated heterocycles. The predicted octanol–water partition coefficient (Wildman–Crippen LogP) is 2.05. The molecule has 0 amide bonds. The number of ether oxygens (including phenoxy) is 1. The summed E-state index contributed by atoms with van der Waals surface area (Å²) in [6, 6.07) is 1.20. The molecule has 2 fully saturated rings. The number of Topliss-reactive ketones (excluding diaryl/α,β-unsaturated/α-hetero) is 1. The molecule has 0 spiro atoms. The average Bonchev–Trinajstić information content (AvgIpc) is 2.41. The van der Waals surface area contributed by atoms with E-state index in [1.807, 2.05) is 0 Å². The van der Waals surface area contributed by atoms with Gasteiger partial charge in [0.15, 0.2) is 17.4 Å². The summed E-state index contributed by atoms with van der Waals surface area (Å²) < 4.78 is 45.1. The zero-order valence-corrected chi connectivity index (χ0v) is 10.7. The van der Waals surface area contributed by atoms with Crippen molar-refractivity contribution in [3.05, 3.63) is 35.1 Å². The van der Waals surface area contributed by atoms with Crippen molar-refractivity contribution in [2.24, 2.45) is 5.92 Å². The molecule has 2 unspecified atom stereocenters. The molecule has 0 aromatic heterocycles. The minimum absolute atomic E-state index is 0.0600. The van der Waals surface area contributed by atoms with Gasteiger partial charge in [0, 0.05) is 24.1 Å². The third kappa shape index (κ3) is 2.45. The van der Waals surface area contributed by atoms with Gasteiger partial charge < -0.3 is 10.1 Å². The predicted molar refractivity (Wildman–Crippen MR) is 64.9 cm³/mol. The van der Waals surface area contributed by atoms with Crippen molar-refractivity contribution >= 4 is 5.78 Å². The highest BCUT2D eigenvalue weighted by molar-refractivity contribution is 5.98. The molecule has 0 radical (unpaired) electrons. The standard InChI is InChI=1S/C14H14F3NO2/c15-11-4-13(17)12(16)3-10(11)14(19)7-1-8-5-20-6-9(2-7)18-8/h3-4,7-9,18H,1-2,5-6H2. The molecule has 3 nitrogen and oxygen atoms in total. The summed E-state index contributed by atoms with van der Waals surface area (Å²) in [6.07, 6.45) is 1.04. The fourth-order valence-corrected chi connectivity index (χ4v) is 2.98. The lowest BCUT2D eigenvalue weighted by molar-refractivity contribution is 0.00944. The highest BCUT2D eigenvalue weighted by atomic mass is 19.2. The summed E-state index contributed by atoms with van der Waals surface area (Å²) in [5.74, 6) is -4.33. The van der Waals surface area contributed by atoms with Crippen LogP contribution in [0, 0.1) is 23.4 Å². The molecule has 0 saturated carbocycles. The lowest BCUT2D eigenvalue weighted by atomic mass is 9.82. The number of piperidine rings is 1. The van der Waals surface area contributed by atoms with Crippen molar-refractivity contribution in [1.82, 2.24) is 5.32 Å². The van der Waals surface area contributed by atoms with Crippen LogP contribution >= 0.6 is 0 Å². The lowest BCUT2D eigenvalue weighted by Crippen LogP contribution is -2.55. The van der Waals surface area contributed by atoms with Crippen molar-refractivity contribution in [2.45, 2.75) is 24.9 Å². The Balaban J connectivity index is 1.84. The van der Waals surface area contributed by atoms with Gasteiger partial charge in [0.2, 0.25) is 0 Å². The van der Waals surface area contributed by atoms with Crippen molar-refractivity contribution < 1.29 is 22.7 Å². The number of rotatable bonds is 2. The van der Waals surface area contributed by atoms with Crippen LogP contribution < -0.4 is 5.32 Å². The number of hydrogen-bond acceptors (Lipinski definition) is 3. The Morgan fingerprint density at radius 3 is 2.30 bits per heavy atom. The number of morpholine rings is 1. The third-order valence-corrected chi connectivity index (χ3v) is 3.89. The first-order chi connectivity index (χ1) is 9.54. The van der Waals surface area contributed by atoms with E-state index in [4.69, 9.17) is 4.74 Å². The van der Waals surface area contributed by atoms with E-state index in [0.29, 0.717) is 38.2 Å². The summed E-state index contributed by atoms with van der Waals surface area (Å²) in [4.78, 5) is 12.3. The maximum Gasteiger partial charge on any atom is 0.169 e. The van der Waals surface area contributed by atoms with Crippen LogP contribution in [-0.4, -0.2) is 31.1 Å². The van der Waals surface area contributed by atoms with Gasteiger partial charge in [-0.3, -0.25) is 4.79 Å². The molecule has 6 heteroatoms. The minimum atomic E-state index is -1.28. The Hall–Kier alpha value is -1.40. The number of ketones is 1. The van der Waals surface area contributed by atoms with E-state index in [1.54, 1.807) is 0 Å². The summed E-state index contributed by atoms with van der Waals surface area (Å²) >= 11 is 0. The largest absolute Gasteiger partial charge is 0.378 e. The zero-order chi connectivity index (χ0) is 14.3. The molecular formula is C14H14F3NO2. The van der Waals surface area contributed by atoms with Crippen molar-refractivity contribution in [3.63, 3.8) is 0 Å². The summed E-state index contributed by atoms with van der Waals surface area (Å²) in [6.45, 7) is 1.03. The summed E-state index contributed by atoms with van der Waals surface area (Å²) in [7, 11) is 0. The van der Waals surface area contributed by atoms with Gasteiger partial charge in [-0.1, -0.05) is 0 Å². The van der Waals surface area contributed by atoms with E-state index >= 15 is 0 Å². The van der Waals surface area contributed by atoms with Gasteiger partial charge in [-0.15, -0.1) is 0 Å². The Bertz CT molecular complexity index is 537. The van der Waals surface area contributed by atoms with Gasteiger partial charge >= 0.3 is 0 Å². The molecule has 3 rings (SSSR count). The van der Waals surface area contributed by atoms with Crippen LogP contribution in [0.25, 0.3) is 0 Å². The average molecular weight is 285 g/mol. The normalized spacial score (nSPS) is 29.2. The van der Waals surface area contributed by atoms with Crippen LogP contribution in [0.5, 0.6) is 0 Å². The molecule has 20 heavy (non-hydrogen) atoms. The van der Waals surface area contributed by atoms with E-state index in [-0.39, 0.29) is 23.6 Å². The molecule has 0 aliphatic carbocycles. The molecule has 1 aromatic rings. The van der Waals surface area contributed by atoms with E-state index in [0.717, 1.165) is 0 Å². The molecule has 2 atom stereocenters. The number of carbonyl (C=O) groups excluding carboxylic acids is 1. The second-order valence-electron chi connectivity index (χ2n) is 5.38. The van der Waals surface area contributed by atoms with Crippen molar-refractivity contribution in [1.29, 1.82) is 0 Å². The molecular weight excluding hydrogens is 271 g/mol. The Morgan fingerprint density at radius 2 is 1.65 bits per heavy atom. The van der Waals surface area contributed by atoms with Gasteiger partial charge in [0.25, 0.3) is 0 Å². The smallest absolute Gasteiger partial charge is 0.169 e. The van der Waals surface area contributed by atoms with Crippen LogP contribution in [0.2, 0.25) is 0 Å². The van der Waals surface area contributed by atoms with E-state index in [2.05, 4.69) is 5.32 Å². The monoisotopic (exact) mass is 285 g/mol. The molecule has 2 aliphatic heterocycles. The molecule has 2 bridgehead atoms. The lowest BCUT2D eigenvalue weighted by Gasteiger charge is -2.39. The van der Waals surface area contributed by atoms with Crippen LogP contribution in [0.15, 0.2) is 12.1 Å². The first-order valence-electron chi connectivity index (χ1n) is 6.57. The Kier molecular flexibility index (Phi) is 3.52. The van der Waals surface area contributed by atoms with Crippen molar-refractivity contribution in [3.8, 4) is 0 Å².